The maximum atomic E-state index is 10.5. The van der Waals surface area contributed by atoms with Crippen molar-refractivity contribution < 1.29 is 19.0 Å². The van der Waals surface area contributed by atoms with Crippen LogP contribution in [-0.4, -0.2) is 25.5 Å². The van der Waals surface area contributed by atoms with Crippen LogP contribution >= 0.6 is 0 Å². The molecule has 96 valence electrons. The van der Waals surface area contributed by atoms with E-state index in [1.54, 1.807) is 0 Å². The molecule has 1 rings (SSSR count). The molecular formula is C13H20O4. The number of esters is 1. The second-order valence-electron chi connectivity index (χ2n) is 3.75. The second-order valence-corrected chi connectivity index (χ2v) is 3.75. The van der Waals surface area contributed by atoms with Crippen molar-refractivity contribution in [3.05, 3.63) is 24.0 Å². The molecule has 0 fully saturated rings. The Morgan fingerprint density at radius 2 is 2.24 bits per heavy atom. The number of carbonyl (C=O) groups is 1. The Balaban J connectivity index is 2.21. The Hall–Kier alpha value is -1.29. The predicted molar refractivity (Wildman–Crippen MR) is 64.2 cm³/mol. The maximum Gasteiger partial charge on any atom is 0.302 e. The van der Waals surface area contributed by atoms with Crippen molar-refractivity contribution >= 4 is 5.97 Å². The lowest BCUT2D eigenvalue weighted by Crippen LogP contribution is -2.19. The van der Waals surface area contributed by atoms with Gasteiger partial charge in [-0.1, -0.05) is 13.0 Å². The summed E-state index contributed by atoms with van der Waals surface area (Å²) in [4.78, 5) is 10.5. The van der Waals surface area contributed by atoms with Gasteiger partial charge >= 0.3 is 5.97 Å². The van der Waals surface area contributed by atoms with Gasteiger partial charge in [0.05, 0.1) is 6.61 Å². The fraction of sp³-hybridized carbons (Fsp3) is 0.615. The summed E-state index contributed by atoms with van der Waals surface area (Å²) in [5.74, 6) is 0.566. The second kappa shape index (κ2) is 7.90. The topological polar surface area (TPSA) is 44.8 Å². The third kappa shape index (κ3) is 6.12. The summed E-state index contributed by atoms with van der Waals surface area (Å²) in [7, 11) is 0. The van der Waals surface area contributed by atoms with Gasteiger partial charge in [-0.25, -0.2) is 0 Å². The number of ether oxygens (including phenoxy) is 3. The normalized spacial score (nSPS) is 16.2. The first-order chi connectivity index (χ1) is 8.22. The highest BCUT2D eigenvalue weighted by atomic mass is 16.7. The number of hydrogen-bond acceptors (Lipinski definition) is 4. The van der Waals surface area contributed by atoms with E-state index in [1.807, 2.05) is 13.0 Å². The SMILES string of the molecule is CCC(OCCOC(C)=O)OC1=CCCC=C1. The van der Waals surface area contributed by atoms with E-state index < -0.39 is 0 Å². The van der Waals surface area contributed by atoms with Crippen molar-refractivity contribution in [2.75, 3.05) is 13.2 Å². The van der Waals surface area contributed by atoms with Crippen molar-refractivity contribution in [2.45, 2.75) is 39.4 Å². The molecule has 0 aliphatic heterocycles. The molecule has 0 N–H and O–H groups in total. The lowest BCUT2D eigenvalue weighted by atomic mass is 10.2. The smallest absolute Gasteiger partial charge is 0.302 e. The summed E-state index contributed by atoms with van der Waals surface area (Å²) >= 11 is 0. The molecule has 0 saturated carbocycles. The van der Waals surface area contributed by atoms with E-state index >= 15 is 0 Å². The molecule has 0 amide bonds. The standard InChI is InChI=1S/C13H20O4/c1-3-13(16-10-9-15-11(2)14)17-12-7-5-4-6-8-12/h5,7-8,13H,3-4,6,9-10H2,1-2H3. The lowest BCUT2D eigenvalue weighted by molar-refractivity contribution is -0.151. The van der Waals surface area contributed by atoms with Crippen molar-refractivity contribution in [1.82, 2.24) is 0 Å². The molecule has 0 aromatic carbocycles. The van der Waals surface area contributed by atoms with Crippen LogP contribution in [0.4, 0.5) is 0 Å². The summed E-state index contributed by atoms with van der Waals surface area (Å²) in [6.07, 6.45) is 8.65. The monoisotopic (exact) mass is 240 g/mol. The molecule has 0 aromatic heterocycles. The Morgan fingerprint density at radius 3 is 2.82 bits per heavy atom. The van der Waals surface area contributed by atoms with Crippen molar-refractivity contribution in [3.8, 4) is 0 Å². The van der Waals surface area contributed by atoms with Crippen LogP contribution in [0, 0.1) is 0 Å². The molecule has 1 aliphatic rings. The zero-order valence-corrected chi connectivity index (χ0v) is 10.5. The minimum absolute atomic E-state index is 0.268. The van der Waals surface area contributed by atoms with Crippen LogP contribution < -0.4 is 0 Å². The van der Waals surface area contributed by atoms with E-state index in [0.29, 0.717) is 6.61 Å². The zero-order chi connectivity index (χ0) is 12.5. The van der Waals surface area contributed by atoms with E-state index in [2.05, 4.69) is 12.2 Å². The van der Waals surface area contributed by atoms with Crippen LogP contribution in [0.3, 0.4) is 0 Å². The molecule has 0 heterocycles. The average molecular weight is 240 g/mol. The van der Waals surface area contributed by atoms with Crippen molar-refractivity contribution in [2.24, 2.45) is 0 Å². The lowest BCUT2D eigenvalue weighted by Gasteiger charge is -2.19. The molecule has 0 radical (unpaired) electrons. The third-order valence-corrected chi connectivity index (χ3v) is 2.25. The van der Waals surface area contributed by atoms with E-state index in [4.69, 9.17) is 14.2 Å². The molecule has 1 unspecified atom stereocenters. The summed E-state index contributed by atoms with van der Waals surface area (Å²) in [6.45, 7) is 3.99. The number of allylic oxidation sites excluding steroid dienone is 3. The Labute approximate surface area is 102 Å². The molecular weight excluding hydrogens is 220 g/mol. The molecule has 1 aliphatic carbocycles. The van der Waals surface area contributed by atoms with Crippen LogP contribution in [0.2, 0.25) is 0 Å². The van der Waals surface area contributed by atoms with Crippen LogP contribution in [0.5, 0.6) is 0 Å². The minimum Gasteiger partial charge on any atom is -0.465 e. The van der Waals surface area contributed by atoms with Crippen LogP contribution in [0.15, 0.2) is 24.0 Å². The van der Waals surface area contributed by atoms with Crippen molar-refractivity contribution in [3.63, 3.8) is 0 Å². The predicted octanol–water partition coefficient (Wildman–Crippen LogP) is 2.55. The molecule has 17 heavy (non-hydrogen) atoms. The molecule has 1 atom stereocenters. The first-order valence-electron chi connectivity index (χ1n) is 6.00. The highest BCUT2D eigenvalue weighted by Gasteiger charge is 2.09. The van der Waals surface area contributed by atoms with Crippen LogP contribution in [0.25, 0.3) is 0 Å². The van der Waals surface area contributed by atoms with E-state index in [0.717, 1.165) is 25.0 Å². The Bertz CT molecular complexity index is 294. The summed E-state index contributed by atoms with van der Waals surface area (Å²) < 4.78 is 15.9. The summed E-state index contributed by atoms with van der Waals surface area (Å²) in [5, 5.41) is 0. The molecule has 4 nitrogen and oxygen atoms in total. The first kappa shape index (κ1) is 13.8. The van der Waals surface area contributed by atoms with Gasteiger partial charge in [0, 0.05) is 13.3 Å². The van der Waals surface area contributed by atoms with Gasteiger partial charge in [-0.15, -0.1) is 0 Å². The minimum atomic E-state index is -0.291. The van der Waals surface area contributed by atoms with Crippen LogP contribution in [0.1, 0.15) is 33.1 Å². The van der Waals surface area contributed by atoms with Gasteiger partial charge in [-0.2, -0.15) is 0 Å². The van der Waals surface area contributed by atoms with Gasteiger partial charge < -0.3 is 14.2 Å². The quantitative estimate of drug-likeness (QED) is 0.390. The highest BCUT2D eigenvalue weighted by molar-refractivity contribution is 5.65. The molecule has 0 spiro atoms. The Morgan fingerprint density at radius 1 is 1.41 bits per heavy atom. The van der Waals surface area contributed by atoms with Gasteiger partial charge in [0.1, 0.15) is 12.4 Å². The van der Waals surface area contributed by atoms with Gasteiger partial charge in [0.25, 0.3) is 0 Å². The van der Waals surface area contributed by atoms with E-state index in [9.17, 15) is 4.79 Å². The fourth-order valence-electron chi connectivity index (χ4n) is 1.43. The molecule has 4 heteroatoms. The van der Waals surface area contributed by atoms with Gasteiger partial charge in [0.15, 0.2) is 6.29 Å². The van der Waals surface area contributed by atoms with Crippen LogP contribution in [-0.2, 0) is 19.0 Å². The number of hydrogen-bond donors (Lipinski definition) is 0. The first-order valence-corrected chi connectivity index (χ1v) is 6.00. The van der Waals surface area contributed by atoms with E-state index in [-0.39, 0.29) is 18.9 Å². The van der Waals surface area contributed by atoms with Gasteiger partial charge in [-0.3, -0.25) is 4.79 Å². The Kier molecular flexibility index (Phi) is 6.40. The summed E-state index contributed by atoms with van der Waals surface area (Å²) in [5.41, 5.74) is 0. The van der Waals surface area contributed by atoms with Gasteiger partial charge in [0.2, 0.25) is 0 Å². The number of carbonyl (C=O) groups excluding carboxylic acids is 1. The zero-order valence-electron chi connectivity index (χ0n) is 10.5. The maximum absolute atomic E-state index is 10.5. The van der Waals surface area contributed by atoms with E-state index in [1.165, 1.54) is 6.92 Å². The van der Waals surface area contributed by atoms with Crippen molar-refractivity contribution in [1.29, 1.82) is 0 Å². The fourth-order valence-corrected chi connectivity index (χ4v) is 1.43. The largest absolute Gasteiger partial charge is 0.465 e. The molecule has 0 bridgehead atoms. The average Bonchev–Trinajstić information content (AvgIpc) is 2.34. The highest BCUT2D eigenvalue weighted by Crippen LogP contribution is 2.14. The molecule has 0 saturated heterocycles. The third-order valence-electron chi connectivity index (χ3n) is 2.25. The number of rotatable bonds is 7. The summed E-state index contributed by atoms with van der Waals surface area (Å²) in [6, 6.07) is 0. The molecule has 0 aromatic rings. The van der Waals surface area contributed by atoms with Gasteiger partial charge in [-0.05, 0) is 25.0 Å².